The second-order valence-electron chi connectivity index (χ2n) is 3.89. The molecule has 0 N–H and O–H groups in total. The molecule has 1 aromatic carbocycles. The van der Waals surface area contributed by atoms with Crippen molar-refractivity contribution in [2.45, 2.75) is 6.42 Å². The quantitative estimate of drug-likeness (QED) is 0.857. The molecule has 5 heteroatoms. The third-order valence-corrected chi connectivity index (χ3v) is 3.14. The molecule has 0 saturated carbocycles. The molecule has 0 amide bonds. The van der Waals surface area contributed by atoms with Crippen LogP contribution >= 0.6 is 15.9 Å². The van der Waals surface area contributed by atoms with Crippen molar-refractivity contribution < 1.29 is 18.7 Å². The minimum atomic E-state index is -0.469. The summed E-state index contributed by atoms with van der Waals surface area (Å²) in [6, 6.07) is 4.38. The van der Waals surface area contributed by atoms with Gasteiger partial charge in [0, 0.05) is 17.0 Å². The number of hydrogen-bond acceptors (Lipinski definition) is 3. The molecular formula is C12H12BrFO3. The first kappa shape index (κ1) is 12.5. The van der Waals surface area contributed by atoms with E-state index in [1.165, 1.54) is 12.1 Å². The Labute approximate surface area is 107 Å². The molecule has 17 heavy (non-hydrogen) atoms. The molecule has 0 aromatic heterocycles. The molecule has 1 fully saturated rings. The van der Waals surface area contributed by atoms with E-state index in [0.29, 0.717) is 17.7 Å². The standard InChI is InChI=1S/C12H12BrFO3/c13-9-1-2-10(14)12(5-9)17-7-11(15)8-3-4-16-6-8/h1-2,5,8H,3-4,6-7H2. The van der Waals surface area contributed by atoms with Crippen molar-refractivity contribution in [1.29, 1.82) is 0 Å². The minimum Gasteiger partial charge on any atom is -0.483 e. The second-order valence-corrected chi connectivity index (χ2v) is 4.81. The molecule has 92 valence electrons. The van der Waals surface area contributed by atoms with Crippen LogP contribution in [0.25, 0.3) is 0 Å². The highest BCUT2D eigenvalue weighted by Gasteiger charge is 2.23. The Bertz CT molecular complexity index is 416. The van der Waals surface area contributed by atoms with E-state index in [9.17, 15) is 9.18 Å². The number of ketones is 1. The van der Waals surface area contributed by atoms with Gasteiger partial charge >= 0.3 is 0 Å². The van der Waals surface area contributed by atoms with Crippen LogP contribution in [-0.2, 0) is 9.53 Å². The molecule has 0 aliphatic carbocycles. The fourth-order valence-corrected chi connectivity index (χ4v) is 1.98. The number of ether oxygens (including phenoxy) is 2. The van der Waals surface area contributed by atoms with E-state index >= 15 is 0 Å². The molecule has 0 bridgehead atoms. The van der Waals surface area contributed by atoms with Crippen molar-refractivity contribution in [2.75, 3.05) is 19.8 Å². The average molecular weight is 303 g/mol. The fraction of sp³-hybridized carbons (Fsp3) is 0.417. The number of Topliss-reactive ketones (excluding diaryl/α,β-unsaturated/α-hetero) is 1. The third-order valence-electron chi connectivity index (χ3n) is 2.65. The van der Waals surface area contributed by atoms with Gasteiger partial charge in [0.1, 0.15) is 6.61 Å². The zero-order chi connectivity index (χ0) is 12.3. The highest BCUT2D eigenvalue weighted by Crippen LogP contribution is 2.22. The van der Waals surface area contributed by atoms with Crippen LogP contribution in [0.15, 0.2) is 22.7 Å². The van der Waals surface area contributed by atoms with E-state index in [0.717, 1.165) is 6.42 Å². The van der Waals surface area contributed by atoms with Crippen molar-refractivity contribution in [2.24, 2.45) is 5.92 Å². The largest absolute Gasteiger partial charge is 0.483 e. The zero-order valence-electron chi connectivity index (χ0n) is 9.12. The van der Waals surface area contributed by atoms with Gasteiger partial charge in [-0.2, -0.15) is 0 Å². The molecule has 1 aromatic rings. The predicted molar refractivity (Wildman–Crippen MR) is 63.5 cm³/mol. The molecule has 1 aliphatic rings. The topological polar surface area (TPSA) is 35.5 Å². The van der Waals surface area contributed by atoms with Crippen LogP contribution in [0, 0.1) is 11.7 Å². The maximum atomic E-state index is 13.3. The number of halogens is 2. The minimum absolute atomic E-state index is 0.0399. The van der Waals surface area contributed by atoms with Gasteiger partial charge in [0.25, 0.3) is 0 Å². The normalized spacial score (nSPS) is 19.3. The Morgan fingerprint density at radius 2 is 2.41 bits per heavy atom. The Kier molecular flexibility index (Phi) is 4.12. The van der Waals surface area contributed by atoms with Crippen molar-refractivity contribution in [3.63, 3.8) is 0 Å². The van der Waals surface area contributed by atoms with Gasteiger partial charge in [-0.05, 0) is 24.6 Å². The van der Waals surface area contributed by atoms with Crippen molar-refractivity contribution >= 4 is 21.7 Å². The molecular weight excluding hydrogens is 291 g/mol. The first-order valence-electron chi connectivity index (χ1n) is 5.35. The third kappa shape index (κ3) is 3.26. The number of benzene rings is 1. The van der Waals surface area contributed by atoms with E-state index in [4.69, 9.17) is 9.47 Å². The molecule has 0 spiro atoms. The van der Waals surface area contributed by atoms with E-state index in [1.807, 2.05) is 0 Å². The Morgan fingerprint density at radius 3 is 3.12 bits per heavy atom. The second kappa shape index (κ2) is 5.60. The van der Waals surface area contributed by atoms with Gasteiger partial charge in [0.05, 0.1) is 6.61 Å². The number of rotatable bonds is 4. The lowest BCUT2D eigenvalue weighted by Crippen LogP contribution is -2.21. The Balaban J connectivity index is 1.92. The molecule has 1 aliphatic heterocycles. The summed E-state index contributed by atoms with van der Waals surface area (Å²) in [6.45, 7) is 0.951. The van der Waals surface area contributed by atoms with Gasteiger partial charge in [0.15, 0.2) is 17.3 Å². The summed E-state index contributed by atoms with van der Waals surface area (Å²) in [5.74, 6) is -0.526. The molecule has 1 saturated heterocycles. The van der Waals surface area contributed by atoms with E-state index in [1.54, 1.807) is 6.07 Å². The first-order chi connectivity index (χ1) is 8.16. The van der Waals surface area contributed by atoms with Crippen LogP contribution in [0.1, 0.15) is 6.42 Å². The van der Waals surface area contributed by atoms with Crippen LogP contribution in [0.5, 0.6) is 5.75 Å². The molecule has 1 heterocycles. The first-order valence-corrected chi connectivity index (χ1v) is 6.14. The fourth-order valence-electron chi connectivity index (χ4n) is 1.64. The van der Waals surface area contributed by atoms with Gasteiger partial charge < -0.3 is 9.47 Å². The lowest BCUT2D eigenvalue weighted by molar-refractivity contribution is -0.124. The lowest BCUT2D eigenvalue weighted by atomic mass is 10.0. The Hall–Kier alpha value is -0.940. The number of carbonyl (C=O) groups excluding carboxylic acids is 1. The van der Waals surface area contributed by atoms with Crippen LogP contribution < -0.4 is 4.74 Å². The van der Waals surface area contributed by atoms with Crippen molar-refractivity contribution in [1.82, 2.24) is 0 Å². The van der Waals surface area contributed by atoms with Crippen LogP contribution in [0.2, 0.25) is 0 Å². The van der Waals surface area contributed by atoms with Crippen LogP contribution in [0.3, 0.4) is 0 Å². The van der Waals surface area contributed by atoms with E-state index in [-0.39, 0.29) is 24.1 Å². The van der Waals surface area contributed by atoms with Crippen LogP contribution in [-0.4, -0.2) is 25.6 Å². The summed E-state index contributed by atoms with van der Waals surface area (Å²) in [6.07, 6.45) is 0.725. The van der Waals surface area contributed by atoms with Crippen LogP contribution in [0.4, 0.5) is 4.39 Å². The summed E-state index contributed by atoms with van der Waals surface area (Å²) in [5, 5.41) is 0. The summed E-state index contributed by atoms with van der Waals surface area (Å²) in [5.41, 5.74) is 0. The number of hydrogen-bond donors (Lipinski definition) is 0. The van der Waals surface area contributed by atoms with Gasteiger partial charge in [-0.3, -0.25) is 4.79 Å². The monoisotopic (exact) mass is 302 g/mol. The summed E-state index contributed by atoms with van der Waals surface area (Å²) >= 11 is 3.22. The summed E-state index contributed by atoms with van der Waals surface area (Å²) in [7, 11) is 0. The molecule has 0 radical (unpaired) electrons. The summed E-state index contributed by atoms with van der Waals surface area (Å²) in [4.78, 5) is 11.7. The van der Waals surface area contributed by atoms with Gasteiger partial charge in [-0.15, -0.1) is 0 Å². The maximum Gasteiger partial charge on any atom is 0.175 e. The molecule has 1 atom stereocenters. The maximum absolute atomic E-state index is 13.3. The van der Waals surface area contributed by atoms with Gasteiger partial charge in [0.2, 0.25) is 0 Å². The van der Waals surface area contributed by atoms with E-state index < -0.39 is 5.82 Å². The molecule has 1 unspecified atom stereocenters. The van der Waals surface area contributed by atoms with Crippen molar-refractivity contribution in [3.8, 4) is 5.75 Å². The SMILES string of the molecule is O=C(COc1cc(Br)ccc1F)C1CCOC1. The van der Waals surface area contributed by atoms with E-state index in [2.05, 4.69) is 15.9 Å². The molecule has 2 rings (SSSR count). The van der Waals surface area contributed by atoms with Crippen molar-refractivity contribution in [3.05, 3.63) is 28.5 Å². The van der Waals surface area contributed by atoms with Gasteiger partial charge in [-0.25, -0.2) is 4.39 Å². The highest BCUT2D eigenvalue weighted by molar-refractivity contribution is 9.10. The smallest absolute Gasteiger partial charge is 0.175 e. The summed E-state index contributed by atoms with van der Waals surface area (Å²) < 4.78 is 24.3. The zero-order valence-corrected chi connectivity index (χ0v) is 10.7. The Morgan fingerprint density at radius 1 is 1.59 bits per heavy atom. The molecule has 3 nitrogen and oxygen atoms in total. The lowest BCUT2D eigenvalue weighted by Gasteiger charge is -2.09. The predicted octanol–water partition coefficient (Wildman–Crippen LogP) is 2.57. The highest BCUT2D eigenvalue weighted by atomic mass is 79.9. The number of carbonyl (C=O) groups is 1. The average Bonchev–Trinajstić information content (AvgIpc) is 2.83. The van der Waals surface area contributed by atoms with Gasteiger partial charge in [-0.1, -0.05) is 15.9 Å².